The highest BCUT2D eigenvalue weighted by Crippen LogP contribution is 2.29. The number of nitrogens with one attached hydrogen (secondary N) is 1. The maximum absolute atomic E-state index is 12.2. The molecule has 1 heterocycles. The second kappa shape index (κ2) is 7.20. The summed E-state index contributed by atoms with van der Waals surface area (Å²) in [5.41, 5.74) is 1.33. The Morgan fingerprint density at radius 3 is 2.68 bits per heavy atom. The fourth-order valence-corrected chi connectivity index (χ4v) is 2.79. The van der Waals surface area contributed by atoms with Crippen LogP contribution in [0.4, 0.5) is 10.5 Å². The summed E-state index contributed by atoms with van der Waals surface area (Å²) < 4.78 is 6.17. The summed E-state index contributed by atoms with van der Waals surface area (Å²) >= 11 is 3.37. The minimum Gasteiger partial charge on any atom is -0.478 e. The van der Waals surface area contributed by atoms with E-state index in [0.29, 0.717) is 17.0 Å². The first-order valence-electron chi connectivity index (χ1n) is 7.31. The monoisotopic (exact) mass is 397 g/mol. The van der Waals surface area contributed by atoms with Crippen LogP contribution in [-0.4, -0.2) is 18.5 Å². The number of carbonyl (C=O) groups is 2. The molecular formula is C18H12BrN3O3. The fraction of sp³-hybridized carbons (Fsp3) is 0.0556. The minimum absolute atomic E-state index is 0.120. The first-order chi connectivity index (χ1) is 12.1. The van der Waals surface area contributed by atoms with Gasteiger partial charge in [-0.2, -0.15) is 5.26 Å². The number of anilines is 1. The Kier molecular flexibility index (Phi) is 4.82. The van der Waals surface area contributed by atoms with Crippen molar-refractivity contribution in [2.24, 2.45) is 0 Å². The van der Waals surface area contributed by atoms with Gasteiger partial charge in [0.05, 0.1) is 5.69 Å². The van der Waals surface area contributed by atoms with Gasteiger partial charge < -0.3 is 4.74 Å². The second-order valence-corrected chi connectivity index (χ2v) is 6.00. The number of rotatable bonds is 4. The summed E-state index contributed by atoms with van der Waals surface area (Å²) in [5.74, 6) is -0.0579. The molecule has 1 aliphatic heterocycles. The number of nitriles is 1. The van der Waals surface area contributed by atoms with E-state index in [-0.39, 0.29) is 12.3 Å². The van der Waals surface area contributed by atoms with Crippen molar-refractivity contribution in [3.63, 3.8) is 0 Å². The van der Waals surface area contributed by atoms with Crippen LogP contribution in [0.25, 0.3) is 6.08 Å². The third-order valence-electron chi connectivity index (χ3n) is 3.47. The van der Waals surface area contributed by atoms with Gasteiger partial charge in [-0.25, -0.2) is 4.79 Å². The van der Waals surface area contributed by atoms with Crippen molar-refractivity contribution in [3.05, 3.63) is 64.3 Å². The van der Waals surface area contributed by atoms with E-state index in [4.69, 9.17) is 10.00 Å². The lowest BCUT2D eigenvalue weighted by Crippen LogP contribution is -2.27. The van der Waals surface area contributed by atoms with Crippen LogP contribution in [0.15, 0.2) is 58.7 Å². The van der Waals surface area contributed by atoms with Gasteiger partial charge in [0.15, 0.2) is 6.61 Å². The van der Waals surface area contributed by atoms with Gasteiger partial charge in [-0.15, -0.1) is 0 Å². The van der Waals surface area contributed by atoms with Crippen LogP contribution in [-0.2, 0) is 4.79 Å². The van der Waals surface area contributed by atoms with Crippen molar-refractivity contribution in [2.75, 3.05) is 11.5 Å². The van der Waals surface area contributed by atoms with Gasteiger partial charge in [-0.3, -0.25) is 15.0 Å². The smallest absolute Gasteiger partial charge is 0.333 e. The molecule has 1 aliphatic rings. The Labute approximate surface area is 152 Å². The molecule has 0 saturated carbocycles. The largest absolute Gasteiger partial charge is 0.478 e. The molecule has 0 aliphatic carbocycles. The molecule has 2 aromatic carbocycles. The topological polar surface area (TPSA) is 82.4 Å². The zero-order valence-corrected chi connectivity index (χ0v) is 14.5. The first-order valence-corrected chi connectivity index (χ1v) is 8.11. The van der Waals surface area contributed by atoms with Crippen LogP contribution in [0.2, 0.25) is 0 Å². The fourth-order valence-electron chi connectivity index (χ4n) is 2.41. The molecule has 2 aromatic rings. The standard InChI is InChI=1S/C18H12BrN3O3/c19-13-6-7-16(25-9-8-20)12(10-13)11-15-17(23)21-18(24)22(15)14-4-2-1-3-5-14/h1-7,10-11H,9H2,(H,21,23,24)/b15-11+. The molecule has 0 radical (unpaired) electrons. The number of carbonyl (C=O) groups excluding carboxylic acids is 2. The Bertz CT molecular complexity index is 904. The number of halogens is 1. The molecule has 0 aromatic heterocycles. The van der Waals surface area contributed by atoms with Gasteiger partial charge in [0, 0.05) is 10.0 Å². The van der Waals surface area contributed by atoms with E-state index in [2.05, 4.69) is 21.2 Å². The van der Waals surface area contributed by atoms with Crippen molar-refractivity contribution in [3.8, 4) is 11.8 Å². The molecule has 1 saturated heterocycles. The maximum Gasteiger partial charge on any atom is 0.333 e. The molecule has 3 rings (SSSR count). The lowest BCUT2D eigenvalue weighted by atomic mass is 10.1. The van der Waals surface area contributed by atoms with Gasteiger partial charge >= 0.3 is 6.03 Å². The summed E-state index contributed by atoms with van der Waals surface area (Å²) in [6.07, 6.45) is 1.56. The Morgan fingerprint density at radius 2 is 1.96 bits per heavy atom. The summed E-state index contributed by atoms with van der Waals surface area (Å²) in [5, 5.41) is 11.0. The second-order valence-electron chi connectivity index (χ2n) is 5.09. The molecular weight excluding hydrogens is 386 g/mol. The molecule has 25 heavy (non-hydrogen) atoms. The molecule has 1 fully saturated rings. The maximum atomic E-state index is 12.2. The average Bonchev–Trinajstić information content (AvgIpc) is 2.88. The number of benzene rings is 2. The Morgan fingerprint density at radius 1 is 1.20 bits per heavy atom. The number of nitrogens with zero attached hydrogens (tertiary/aromatic N) is 2. The third kappa shape index (κ3) is 3.54. The molecule has 124 valence electrons. The number of hydrogen-bond donors (Lipinski definition) is 1. The Hall–Kier alpha value is -3.11. The predicted molar refractivity (Wildman–Crippen MR) is 95.7 cm³/mol. The van der Waals surface area contributed by atoms with E-state index in [1.165, 1.54) is 4.90 Å². The van der Waals surface area contributed by atoms with Gasteiger partial charge in [-0.1, -0.05) is 34.1 Å². The molecule has 0 spiro atoms. The zero-order valence-electron chi connectivity index (χ0n) is 12.9. The lowest BCUT2D eigenvalue weighted by molar-refractivity contribution is -0.115. The van der Waals surface area contributed by atoms with Crippen LogP contribution in [0.5, 0.6) is 5.75 Å². The van der Waals surface area contributed by atoms with Crippen molar-refractivity contribution in [2.45, 2.75) is 0 Å². The van der Waals surface area contributed by atoms with E-state index in [0.717, 1.165) is 4.47 Å². The SMILES string of the molecule is N#CCOc1ccc(Br)cc1/C=C1\C(=O)NC(=O)N1c1ccccc1. The van der Waals surface area contributed by atoms with Crippen molar-refractivity contribution >= 4 is 39.6 Å². The predicted octanol–water partition coefficient (Wildman–Crippen LogP) is 3.45. The van der Waals surface area contributed by atoms with Gasteiger partial charge in [0.2, 0.25) is 0 Å². The van der Waals surface area contributed by atoms with E-state index < -0.39 is 11.9 Å². The first kappa shape index (κ1) is 16.7. The number of ether oxygens (including phenoxy) is 1. The van der Waals surface area contributed by atoms with Gasteiger partial charge in [0.1, 0.15) is 17.5 Å². The molecule has 0 atom stereocenters. The van der Waals surface area contributed by atoms with Crippen LogP contribution < -0.4 is 15.0 Å². The summed E-state index contributed by atoms with van der Waals surface area (Å²) in [6.45, 7) is -0.120. The highest BCUT2D eigenvalue weighted by atomic mass is 79.9. The lowest BCUT2D eigenvalue weighted by Gasteiger charge is -2.15. The van der Waals surface area contributed by atoms with Gasteiger partial charge in [-0.05, 0) is 36.4 Å². The number of amides is 3. The quantitative estimate of drug-likeness (QED) is 0.632. The highest BCUT2D eigenvalue weighted by Gasteiger charge is 2.34. The van der Waals surface area contributed by atoms with E-state index >= 15 is 0 Å². The third-order valence-corrected chi connectivity index (χ3v) is 3.96. The van der Waals surface area contributed by atoms with Crippen molar-refractivity contribution in [1.29, 1.82) is 5.26 Å². The molecule has 7 heteroatoms. The highest BCUT2D eigenvalue weighted by molar-refractivity contribution is 9.10. The van der Waals surface area contributed by atoms with E-state index in [1.54, 1.807) is 48.5 Å². The minimum atomic E-state index is -0.517. The number of para-hydroxylation sites is 1. The molecule has 6 nitrogen and oxygen atoms in total. The van der Waals surface area contributed by atoms with Crippen LogP contribution in [0.3, 0.4) is 0 Å². The van der Waals surface area contributed by atoms with Gasteiger partial charge in [0.25, 0.3) is 5.91 Å². The number of urea groups is 1. The summed E-state index contributed by atoms with van der Waals surface area (Å²) in [4.78, 5) is 25.7. The van der Waals surface area contributed by atoms with Crippen LogP contribution >= 0.6 is 15.9 Å². The molecule has 3 amide bonds. The summed E-state index contributed by atoms with van der Waals surface area (Å²) in [7, 11) is 0. The Balaban J connectivity index is 2.07. The summed E-state index contributed by atoms with van der Waals surface area (Å²) in [6, 6.07) is 15.5. The number of imide groups is 1. The van der Waals surface area contributed by atoms with E-state index in [1.807, 2.05) is 12.1 Å². The van der Waals surface area contributed by atoms with Crippen molar-refractivity contribution in [1.82, 2.24) is 5.32 Å². The average molecular weight is 398 g/mol. The molecule has 1 N–H and O–H groups in total. The van der Waals surface area contributed by atoms with Crippen molar-refractivity contribution < 1.29 is 14.3 Å². The zero-order chi connectivity index (χ0) is 17.8. The van der Waals surface area contributed by atoms with Crippen LogP contribution in [0, 0.1) is 11.3 Å². The molecule has 0 unspecified atom stereocenters. The number of hydrogen-bond acceptors (Lipinski definition) is 4. The normalized spacial score (nSPS) is 15.2. The molecule has 0 bridgehead atoms. The van der Waals surface area contributed by atoms with E-state index in [9.17, 15) is 9.59 Å². The van der Waals surface area contributed by atoms with Crippen LogP contribution in [0.1, 0.15) is 5.56 Å².